The molecule has 0 heterocycles. The maximum Gasteiger partial charge on any atom is 0.204 e. The molecule has 0 spiro atoms. The molecule has 2 atom stereocenters. The van der Waals surface area contributed by atoms with Gasteiger partial charge in [0.2, 0.25) is 6.29 Å². The molecule has 0 saturated heterocycles. The van der Waals surface area contributed by atoms with Gasteiger partial charge in [0.05, 0.1) is 20.3 Å². The van der Waals surface area contributed by atoms with Gasteiger partial charge in [-0.15, -0.1) is 0 Å². The summed E-state index contributed by atoms with van der Waals surface area (Å²) in [5, 5.41) is 0. The van der Waals surface area contributed by atoms with Crippen molar-refractivity contribution >= 4 is 0 Å². The number of ether oxygens (including phenoxy) is 4. The standard InChI is InChI=1S/C23H32O4/c1-7-17(4)19-9-11-20(12-10-19)27-23(26-16(2)3)15-18-8-13-21(24-5)22(14-18)25-6/h8-14,16-17,23H,7,15H2,1-6H3. The van der Waals surface area contributed by atoms with Gasteiger partial charge in [0.25, 0.3) is 0 Å². The van der Waals surface area contributed by atoms with Gasteiger partial charge >= 0.3 is 0 Å². The Morgan fingerprint density at radius 2 is 1.52 bits per heavy atom. The summed E-state index contributed by atoms with van der Waals surface area (Å²) in [6, 6.07) is 14.2. The van der Waals surface area contributed by atoms with Gasteiger partial charge in [-0.25, -0.2) is 0 Å². The summed E-state index contributed by atoms with van der Waals surface area (Å²) in [4.78, 5) is 0. The monoisotopic (exact) mass is 372 g/mol. The van der Waals surface area contributed by atoms with Crippen molar-refractivity contribution < 1.29 is 18.9 Å². The van der Waals surface area contributed by atoms with Crippen LogP contribution < -0.4 is 14.2 Å². The van der Waals surface area contributed by atoms with Crippen LogP contribution in [0.3, 0.4) is 0 Å². The summed E-state index contributed by atoms with van der Waals surface area (Å²) >= 11 is 0. The van der Waals surface area contributed by atoms with Gasteiger partial charge in [0.15, 0.2) is 11.5 Å². The average Bonchev–Trinajstić information content (AvgIpc) is 2.67. The van der Waals surface area contributed by atoms with Crippen LogP contribution in [0.2, 0.25) is 0 Å². The van der Waals surface area contributed by atoms with E-state index in [2.05, 4.69) is 26.0 Å². The second-order valence-electron chi connectivity index (χ2n) is 7.00. The topological polar surface area (TPSA) is 36.9 Å². The Morgan fingerprint density at radius 1 is 0.852 bits per heavy atom. The van der Waals surface area contributed by atoms with Crippen molar-refractivity contribution in [3.8, 4) is 17.2 Å². The highest BCUT2D eigenvalue weighted by Crippen LogP contribution is 2.29. The molecule has 2 unspecified atom stereocenters. The molecule has 0 saturated carbocycles. The highest BCUT2D eigenvalue weighted by atomic mass is 16.7. The van der Waals surface area contributed by atoms with Crippen molar-refractivity contribution in [3.63, 3.8) is 0 Å². The minimum absolute atomic E-state index is 0.0644. The summed E-state index contributed by atoms with van der Waals surface area (Å²) in [5.74, 6) is 2.78. The Morgan fingerprint density at radius 3 is 2.07 bits per heavy atom. The van der Waals surface area contributed by atoms with Gasteiger partial charge < -0.3 is 18.9 Å². The molecular formula is C23H32O4. The number of methoxy groups -OCH3 is 2. The molecule has 0 N–H and O–H groups in total. The quantitative estimate of drug-likeness (QED) is 0.510. The van der Waals surface area contributed by atoms with E-state index in [0.29, 0.717) is 23.8 Å². The van der Waals surface area contributed by atoms with Crippen molar-refractivity contribution in [1.82, 2.24) is 0 Å². The van der Waals surface area contributed by atoms with E-state index in [9.17, 15) is 0 Å². The molecule has 0 radical (unpaired) electrons. The SMILES string of the molecule is CCC(C)c1ccc(OC(Cc2ccc(OC)c(OC)c2)OC(C)C)cc1. The number of hydrogen-bond donors (Lipinski definition) is 0. The van der Waals surface area contributed by atoms with Gasteiger partial charge in [-0.05, 0) is 61.6 Å². The zero-order valence-electron chi connectivity index (χ0n) is 17.3. The van der Waals surface area contributed by atoms with Crippen molar-refractivity contribution in [2.75, 3.05) is 14.2 Å². The zero-order chi connectivity index (χ0) is 19.8. The lowest BCUT2D eigenvalue weighted by molar-refractivity contribution is -0.106. The Labute approximate surface area is 163 Å². The molecule has 0 bridgehead atoms. The Kier molecular flexibility index (Phi) is 7.99. The van der Waals surface area contributed by atoms with Crippen LogP contribution in [0.25, 0.3) is 0 Å². The summed E-state index contributed by atoms with van der Waals surface area (Å²) < 4.78 is 22.8. The fourth-order valence-electron chi connectivity index (χ4n) is 2.88. The molecule has 0 aliphatic carbocycles. The van der Waals surface area contributed by atoms with Gasteiger partial charge in [-0.3, -0.25) is 0 Å². The van der Waals surface area contributed by atoms with Crippen molar-refractivity contribution in [3.05, 3.63) is 53.6 Å². The van der Waals surface area contributed by atoms with Crippen LogP contribution in [0.1, 0.15) is 51.2 Å². The summed E-state index contributed by atoms with van der Waals surface area (Å²) in [6.45, 7) is 8.45. The van der Waals surface area contributed by atoms with Crippen molar-refractivity contribution in [1.29, 1.82) is 0 Å². The Hall–Kier alpha value is -2.20. The predicted molar refractivity (Wildman–Crippen MR) is 109 cm³/mol. The third kappa shape index (κ3) is 6.17. The highest BCUT2D eigenvalue weighted by Gasteiger charge is 2.16. The zero-order valence-corrected chi connectivity index (χ0v) is 17.3. The number of benzene rings is 2. The molecule has 0 fully saturated rings. The number of rotatable bonds is 10. The van der Waals surface area contributed by atoms with E-state index in [1.165, 1.54) is 5.56 Å². The van der Waals surface area contributed by atoms with E-state index in [1.54, 1.807) is 14.2 Å². The molecule has 148 valence electrons. The van der Waals surface area contributed by atoms with Crippen LogP contribution in [0.4, 0.5) is 0 Å². The maximum atomic E-state index is 6.13. The molecule has 4 heteroatoms. The molecule has 0 amide bonds. The fourth-order valence-corrected chi connectivity index (χ4v) is 2.88. The van der Waals surface area contributed by atoms with Gasteiger partial charge in [0.1, 0.15) is 5.75 Å². The molecule has 2 aromatic rings. The van der Waals surface area contributed by atoms with Gasteiger partial charge in [0, 0.05) is 6.42 Å². The van der Waals surface area contributed by atoms with Crippen LogP contribution in [-0.2, 0) is 11.2 Å². The van der Waals surface area contributed by atoms with Crippen molar-refractivity contribution in [2.24, 2.45) is 0 Å². The van der Waals surface area contributed by atoms with Crippen LogP contribution >= 0.6 is 0 Å². The predicted octanol–water partition coefficient (Wildman–Crippen LogP) is 5.59. The van der Waals surface area contributed by atoms with E-state index >= 15 is 0 Å². The van der Waals surface area contributed by atoms with E-state index < -0.39 is 0 Å². The smallest absolute Gasteiger partial charge is 0.204 e. The summed E-state index contributed by atoms with van der Waals surface area (Å²) in [5.41, 5.74) is 2.39. The minimum Gasteiger partial charge on any atom is -0.493 e. The third-order valence-electron chi connectivity index (χ3n) is 4.60. The Bertz CT molecular complexity index is 694. The molecule has 0 aromatic heterocycles. The second-order valence-corrected chi connectivity index (χ2v) is 7.00. The fraction of sp³-hybridized carbons (Fsp3) is 0.478. The lowest BCUT2D eigenvalue weighted by atomic mass is 9.99. The first-order valence-corrected chi connectivity index (χ1v) is 9.59. The molecule has 0 aliphatic heterocycles. The second kappa shape index (κ2) is 10.2. The lowest BCUT2D eigenvalue weighted by Crippen LogP contribution is -2.26. The maximum absolute atomic E-state index is 6.13. The summed E-state index contributed by atoms with van der Waals surface area (Å²) in [7, 11) is 3.27. The molecule has 0 aliphatic rings. The van der Waals surface area contributed by atoms with E-state index in [4.69, 9.17) is 18.9 Å². The van der Waals surface area contributed by atoms with Gasteiger partial charge in [-0.2, -0.15) is 0 Å². The first-order valence-electron chi connectivity index (χ1n) is 9.59. The minimum atomic E-state index is -0.377. The van der Waals surface area contributed by atoms with E-state index in [0.717, 1.165) is 17.7 Å². The van der Waals surface area contributed by atoms with Crippen LogP contribution in [-0.4, -0.2) is 26.6 Å². The van der Waals surface area contributed by atoms with Crippen LogP contribution in [0.5, 0.6) is 17.2 Å². The average molecular weight is 373 g/mol. The van der Waals surface area contributed by atoms with Gasteiger partial charge in [-0.1, -0.05) is 32.0 Å². The first-order chi connectivity index (χ1) is 13.0. The van der Waals surface area contributed by atoms with E-state index in [-0.39, 0.29) is 12.4 Å². The van der Waals surface area contributed by atoms with E-state index in [1.807, 2.05) is 44.2 Å². The largest absolute Gasteiger partial charge is 0.493 e. The number of hydrogen-bond acceptors (Lipinski definition) is 4. The Balaban J connectivity index is 2.13. The normalized spacial score (nSPS) is 13.3. The molecule has 27 heavy (non-hydrogen) atoms. The highest BCUT2D eigenvalue weighted by molar-refractivity contribution is 5.43. The van der Waals surface area contributed by atoms with Crippen LogP contribution in [0, 0.1) is 0 Å². The molecule has 2 rings (SSSR count). The summed E-state index contributed by atoms with van der Waals surface area (Å²) in [6.07, 6.45) is 1.43. The molecular weight excluding hydrogens is 340 g/mol. The lowest BCUT2D eigenvalue weighted by Gasteiger charge is -2.22. The van der Waals surface area contributed by atoms with Crippen molar-refractivity contribution in [2.45, 2.75) is 58.8 Å². The molecule has 4 nitrogen and oxygen atoms in total. The van der Waals surface area contributed by atoms with Crippen LogP contribution in [0.15, 0.2) is 42.5 Å². The molecule has 2 aromatic carbocycles. The third-order valence-corrected chi connectivity index (χ3v) is 4.60. The first kappa shape index (κ1) is 21.1.